The normalized spacial score (nSPS) is 29.9. The number of allylic oxidation sites excluding steroid dienone is 1. The van der Waals surface area contributed by atoms with Crippen molar-refractivity contribution in [1.82, 2.24) is 14.5 Å². The summed E-state index contributed by atoms with van der Waals surface area (Å²) >= 11 is 6.49. The number of hydrogen-bond donors (Lipinski definition) is 1. The Labute approximate surface area is 341 Å². The number of nitrogens with zero attached hydrogens (tertiary/aromatic N) is 5. The van der Waals surface area contributed by atoms with E-state index in [1.54, 1.807) is 38.2 Å². The third kappa shape index (κ3) is 8.22. The Morgan fingerprint density at radius 1 is 1.07 bits per heavy atom. The maximum atomic E-state index is 14.9. The van der Waals surface area contributed by atoms with Crippen LogP contribution in [0.25, 0.3) is 0 Å². The Morgan fingerprint density at radius 2 is 1.89 bits per heavy atom. The zero-order valence-corrected chi connectivity index (χ0v) is 35.0. The summed E-state index contributed by atoms with van der Waals surface area (Å²) in [6.45, 7) is 5.28. The number of halogens is 1. The molecular formula is C43H55ClN6O6S. The van der Waals surface area contributed by atoms with Crippen LogP contribution in [0.5, 0.6) is 5.75 Å². The first-order chi connectivity index (χ1) is 27.5. The average Bonchev–Trinajstić information content (AvgIpc) is 3.51. The van der Waals surface area contributed by atoms with Crippen molar-refractivity contribution in [1.29, 1.82) is 0 Å². The molecule has 1 spiro atoms. The van der Waals surface area contributed by atoms with E-state index < -0.39 is 21.7 Å². The lowest BCUT2D eigenvalue weighted by Crippen LogP contribution is -2.49. The molecule has 306 valence electrons. The van der Waals surface area contributed by atoms with Gasteiger partial charge in [0.15, 0.2) is 5.82 Å². The van der Waals surface area contributed by atoms with E-state index in [4.69, 9.17) is 25.8 Å². The molecule has 2 fully saturated rings. The van der Waals surface area contributed by atoms with E-state index in [-0.39, 0.29) is 34.9 Å². The average molecular weight is 819 g/mol. The zero-order valence-electron chi connectivity index (χ0n) is 33.5. The molecule has 0 unspecified atom stereocenters. The van der Waals surface area contributed by atoms with Crippen LogP contribution < -0.4 is 19.3 Å². The Balaban J connectivity index is 1.16. The van der Waals surface area contributed by atoms with Crippen molar-refractivity contribution in [3.63, 3.8) is 0 Å². The smallest absolute Gasteiger partial charge is 0.286 e. The van der Waals surface area contributed by atoms with E-state index in [2.05, 4.69) is 48.3 Å². The minimum Gasteiger partial charge on any atom is -0.490 e. The lowest BCUT2D eigenvalue weighted by molar-refractivity contribution is 0.0131. The highest BCUT2D eigenvalue weighted by molar-refractivity contribution is 7.92. The molecule has 4 heterocycles. The van der Waals surface area contributed by atoms with Gasteiger partial charge in [0.05, 0.1) is 30.3 Å². The molecule has 5 aliphatic rings. The van der Waals surface area contributed by atoms with Crippen molar-refractivity contribution in [2.75, 3.05) is 62.6 Å². The van der Waals surface area contributed by atoms with E-state index in [0.29, 0.717) is 61.6 Å². The maximum Gasteiger partial charge on any atom is 0.286 e. The number of hydrogen-bond acceptors (Lipinski definition) is 9. The number of anilines is 2. The van der Waals surface area contributed by atoms with Gasteiger partial charge in [-0.25, -0.2) is 4.21 Å². The van der Waals surface area contributed by atoms with Gasteiger partial charge < -0.3 is 24.0 Å². The Morgan fingerprint density at radius 3 is 2.65 bits per heavy atom. The van der Waals surface area contributed by atoms with Crippen LogP contribution in [0.4, 0.5) is 11.5 Å². The first-order valence-electron chi connectivity index (χ1n) is 20.4. The van der Waals surface area contributed by atoms with Crippen molar-refractivity contribution < 1.29 is 28.0 Å². The van der Waals surface area contributed by atoms with Crippen LogP contribution in [0.3, 0.4) is 0 Å². The number of rotatable bonds is 5. The van der Waals surface area contributed by atoms with Gasteiger partial charge in [0.2, 0.25) is 0 Å². The second-order valence-electron chi connectivity index (χ2n) is 16.9. The number of fused-ring (bicyclic) bond motifs is 4. The summed E-state index contributed by atoms with van der Waals surface area (Å²) in [6.07, 6.45) is 13.2. The molecular weight excluding hydrogens is 764 g/mol. The lowest BCUT2D eigenvalue weighted by atomic mass is 9.68. The van der Waals surface area contributed by atoms with Crippen LogP contribution in [0.15, 0.2) is 59.1 Å². The molecule has 0 radical (unpaired) electrons. The molecule has 2 amide bonds. The lowest BCUT2D eigenvalue weighted by Gasteiger charge is -2.46. The summed E-state index contributed by atoms with van der Waals surface area (Å²) < 4.78 is 42.0. The largest absolute Gasteiger partial charge is 0.490 e. The van der Waals surface area contributed by atoms with E-state index >= 15 is 0 Å². The molecule has 3 aliphatic heterocycles. The van der Waals surface area contributed by atoms with Crippen molar-refractivity contribution in [2.24, 2.45) is 29.2 Å². The molecule has 6 atom stereocenters. The van der Waals surface area contributed by atoms with Crippen molar-refractivity contribution in [3.8, 4) is 5.75 Å². The highest BCUT2D eigenvalue weighted by Crippen LogP contribution is 2.47. The molecule has 1 N–H and O–H groups in total. The number of carbonyl (C=O) groups is 2. The van der Waals surface area contributed by atoms with E-state index in [1.165, 1.54) is 11.1 Å². The van der Waals surface area contributed by atoms with Crippen LogP contribution in [-0.4, -0.2) is 90.8 Å². The van der Waals surface area contributed by atoms with Gasteiger partial charge in [0.1, 0.15) is 21.2 Å². The van der Waals surface area contributed by atoms with E-state index in [9.17, 15) is 13.8 Å². The fourth-order valence-corrected chi connectivity index (χ4v) is 11.8. The SMILES string of the molecule is COC1CCN(c2nn(C)cc2C(=O)N[S@@]2(=O)=NC(=O)c3ccc4c(c3)N(C[C@@H]3CC[C@H]3[C@@H](OC)/C=C/C[C@H](C)C2)C[C@@]2(CCCc3cc(Cl)ccc32)CO4)CC1. The fourth-order valence-electron chi connectivity index (χ4n) is 9.74. The van der Waals surface area contributed by atoms with Crippen LogP contribution in [0.1, 0.15) is 83.7 Å². The molecule has 1 saturated carbocycles. The highest BCUT2D eigenvalue weighted by Gasteiger charge is 2.44. The second kappa shape index (κ2) is 16.4. The van der Waals surface area contributed by atoms with Gasteiger partial charge in [-0.3, -0.25) is 19.0 Å². The summed E-state index contributed by atoms with van der Waals surface area (Å²) in [5.74, 6) is 0.497. The minimum atomic E-state index is -3.61. The van der Waals surface area contributed by atoms with Gasteiger partial charge in [-0.05, 0) is 111 Å². The van der Waals surface area contributed by atoms with E-state index in [1.807, 2.05) is 25.1 Å². The monoisotopic (exact) mass is 818 g/mol. The summed E-state index contributed by atoms with van der Waals surface area (Å²) in [4.78, 5) is 32.8. The van der Waals surface area contributed by atoms with Gasteiger partial charge in [-0.15, -0.1) is 4.36 Å². The highest BCUT2D eigenvalue weighted by atomic mass is 35.5. The second-order valence-corrected chi connectivity index (χ2v) is 19.3. The topological polar surface area (TPSA) is 128 Å². The number of amides is 2. The predicted octanol–water partition coefficient (Wildman–Crippen LogP) is 6.75. The third-order valence-corrected chi connectivity index (χ3v) is 15.1. The standard InChI is InChI=1S/C43H55ClN6O6S/c1-28-7-5-9-38(55-4)34-13-10-31(34)23-50-26-43(18-6-8-29-21-32(44)12-14-36(29)43)27-56-39-15-11-30(22-37(39)50)41(51)46-57(53,25-28)47-42(52)35-24-48(2)45-40(35)49-19-16-33(54-3)17-20-49/h5,9,11-12,14-15,21-22,24,28,31,33-34,38H,6-8,10,13,16-20,23,25-27H2,1-4H3,(H,46,47,51,52,53)/b9-5+/t28-,31-,34+,38-,43-,57-/m0/s1. The number of nitrogens with one attached hydrogen (secondary N) is 1. The number of benzene rings is 2. The quantitative estimate of drug-likeness (QED) is 0.278. The fraction of sp³-hybridized carbons (Fsp3) is 0.558. The molecule has 57 heavy (non-hydrogen) atoms. The maximum absolute atomic E-state index is 14.9. The first-order valence-corrected chi connectivity index (χ1v) is 22.5. The van der Waals surface area contributed by atoms with Crippen molar-refractivity contribution >= 4 is 44.8 Å². The third-order valence-electron chi connectivity index (χ3n) is 12.9. The summed E-state index contributed by atoms with van der Waals surface area (Å²) in [5, 5.41) is 5.35. The summed E-state index contributed by atoms with van der Waals surface area (Å²) in [6, 6.07) is 11.6. The van der Waals surface area contributed by atoms with Crippen LogP contribution in [-0.2, 0) is 38.3 Å². The number of aryl methyl sites for hydroxylation is 2. The van der Waals surface area contributed by atoms with Crippen LogP contribution in [0.2, 0.25) is 5.02 Å². The molecule has 2 aliphatic carbocycles. The summed E-state index contributed by atoms with van der Waals surface area (Å²) in [7, 11) is 1.63. The molecule has 3 aromatic rings. The van der Waals surface area contributed by atoms with Crippen LogP contribution >= 0.6 is 11.6 Å². The molecule has 1 aromatic heterocycles. The molecule has 2 aromatic carbocycles. The number of ether oxygens (including phenoxy) is 3. The Bertz CT molecular complexity index is 2160. The van der Waals surface area contributed by atoms with Gasteiger partial charge in [0.25, 0.3) is 11.8 Å². The molecule has 8 rings (SSSR count). The number of carbonyl (C=O) groups excluding carboxylic acids is 2. The molecule has 12 nitrogen and oxygen atoms in total. The van der Waals surface area contributed by atoms with Crippen molar-refractivity contribution in [3.05, 3.63) is 82.0 Å². The van der Waals surface area contributed by atoms with Crippen LogP contribution in [0, 0.1) is 17.8 Å². The summed E-state index contributed by atoms with van der Waals surface area (Å²) in [5.41, 5.74) is 3.66. The zero-order chi connectivity index (χ0) is 39.9. The Kier molecular flexibility index (Phi) is 11.5. The van der Waals surface area contributed by atoms with E-state index in [0.717, 1.165) is 62.2 Å². The Hall–Kier alpha value is -3.91. The number of methoxy groups -OCH3 is 2. The molecule has 2 bridgehead atoms. The van der Waals surface area contributed by atoms with Gasteiger partial charge in [-0.1, -0.05) is 36.7 Å². The van der Waals surface area contributed by atoms with Gasteiger partial charge in [0, 0.05) is 69.6 Å². The van der Waals surface area contributed by atoms with Gasteiger partial charge >= 0.3 is 0 Å². The van der Waals surface area contributed by atoms with Crippen molar-refractivity contribution in [2.45, 2.75) is 75.9 Å². The molecule has 1 saturated heterocycles. The first kappa shape index (κ1) is 39.9. The number of piperidine rings is 1. The molecule has 14 heteroatoms. The minimum absolute atomic E-state index is 0.0144. The number of aromatic nitrogens is 2. The predicted molar refractivity (Wildman–Crippen MR) is 223 cm³/mol. The van der Waals surface area contributed by atoms with Gasteiger partial charge in [-0.2, -0.15) is 5.10 Å².